The van der Waals surface area contributed by atoms with Gasteiger partial charge in [0.05, 0.1) is 25.5 Å². The van der Waals surface area contributed by atoms with Gasteiger partial charge in [0.15, 0.2) is 5.16 Å². The molecule has 4 rings (SSSR count). The fourth-order valence-corrected chi connectivity index (χ4v) is 3.89. The number of rotatable bonds is 7. The van der Waals surface area contributed by atoms with Crippen LogP contribution in [0, 0.1) is 6.92 Å². The zero-order valence-electron chi connectivity index (χ0n) is 16.0. The largest absolute Gasteiger partial charge is 0.492 e. The number of aromatic nitrogens is 3. The van der Waals surface area contributed by atoms with Crippen LogP contribution in [0.2, 0.25) is 0 Å². The van der Waals surface area contributed by atoms with E-state index >= 15 is 0 Å². The molecule has 3 aromatic rings. The predicted molar refractivity (Wildman–Crippen MR) is 112 cm³/mol. The molecule has 1 fully saturated rings. The van der Waals surface area contributed by atoms with Gasteiger partial charge in [-0.05, 0) is 30.7 Å². The summed E-state index contributed by atoms with van der Waals surface area (Å²) in [5, 5.41) is 9.83. The first kappa shape index (κ1) is 18.8. The Morgan fingerprint density at radius 2 is 1.75 bits per heavy atom. The Kier molecular flexibility index (Phi) is 6.14. The van der Waals surface area contributed by atoms with Gasteiger partial charge in [0.1, 0.15) is 5.75 Å². The van der Waals surface area contributed by atoms with E-state index in [1.54, 1.807) is 11.8 Å². The van der Waals surface area contributed by atoms with E-state index in [1.807, 2.05) is 36.4 Å². The number of ether oxygens (including phenoxy) is 2. The van der Waals surface area contributed by atoms with Crippen molar-refractivity contribution in [1.29, 1.82) is 0 Å². The first-order chi connectivity index (χ1) is 13.8. The molecule has 28 heavy (non-hydrogen) atoms. The van der Waals surface area contributed by atoms with E-state index in [9.17, 15) is 0 Å². The normalized spacial score (nSPS) is 14.2. The summed E-state index contributed by atoms with van der Waals surface area (Å²) >= 11 is 1.66. The van der Waals surface area contributed by atoms with Crippen molar-refractivity contribution in [2.24, 2.45) is 0 Å². The molecule has 7 heteroatoms. The standard InChI is InChI=1S/C21H24N4O2S/c1-17-7-5-6-10-19(17)27-15-16-28-21-23-22-20(24-11-13-26-14-12-24)25(21)18-8-3-2-4-9-18/h2-10H,11-16H2,1H3. The molecule has 2 heterocycles. The van der Waals surface area contributed by atoms with Gasteiger partial charge in [-0.2, -0.15) is 0 Å². The van der Waals surface area contributed by atoms with E-state index in [1.165, 1.54) is 0 Å². The second kappa shape index (κ2) is 9.12. The van der Waals surface area contributed by atoms with Gasteiger partial charge in [-0.1, -0.05) is 48.2 Å². The maximum atomic E-state index is 5.92. The lowest BCUT2D eigenvalue weighted by molar-refractivity contribution is 0.122. The number of benzene rings is 2. The quantitative estimate of drug-likeness (QED) is 0.449. The zero-order valence-corrected chi connectivity index (χ0v) is 16.8. The van der Waals surface area contributed by atoms with E-state index in [-0.39, 0.29) is 0 Å². The first-order valence-corrected chi connectivity index (χ1v) is 10.5. The molecule has 0 saturated carbocycles. The second-order valence-electron chi connectivity index (χ2n) is 6.52. The van der Waals surface area contributed by atoms with Crippen LogP contribution in [0.5, 0.6) is 5.75 Å². The zero-order chi connectivity index (χ0) is 19.2. The number of hydrogen-bond donors (Lipinski definition) is 0. The van der Waals surface area contributed by atoms with Crippen molar-refractivity contribution in [3.05, 3.63) is 60.2 Å². The Balaban J connectivity index is 1.48. The molecular formula is C21H24N4O2S. The van der Waals surface area contributed by atoms with Crippen LogP contribution in [-0.2, 0) is 4.74 Å². The molecule has 2 aromatic carbocycles. The van der Waals surface area contributed by atoms with E-state index in [2.05, 4.69) is 44.8 Å². The highest BCUT2D eigenvalue weighted by atomic mass is 32.2. The second-order valence-corrected chi connectivity index (χ2v) is 7.58. The van der Waals surface area contributed by atoms with Crippen LogP contribution < -0.4 is 9.64 Å². The molecule has 0 unspecified atom stereocenters. The van der Waals surface area contributed by atoms with Gasteiger partial charge in [0.25, 0.3) is 0 Å². The molecule has 6 nitrogen and oxygen atoms in total. The van der Waals surface area contributed by atoms with Gasteiger partial charge in [0.2, 0.25) is 5.95 Å². The number of morpholine rings is 1. The van der Waals surface area contributed by atoms with Crippen LogP contribution in [0.25, 0.3) is 5.69 Å². The van der Waals surface area contributed by atoms with E-state index in [0.29, 0.717) is 19.8 Å². The van der Waals surface area contributed by atoms with Crippen LogP contribution in [0.4, 0.5) is 5.95 Å². The maximum absolute atomic E-state index is 5.92. The highest BCUT2D eigenvalue weighted by Gasteiger charge is 2.21. The number of nitrogens with zero attached hydrogens (tertiary/aromatic N) is 4. The average molecular weight is 397 g/mol. The highest BCUT2D eigenvalue weighted by molar-refractivity contribution is 7.99. The van der Waals surface area contributed by atoms with Crippen LogP contribution >= 0.6 is 11.8 Å². The molecule has 1 saturated heterocycles. The van der Waals surface area contributed by atoms with Crippen molar-refractivity contribution in [2.45, 2.75) is 12.1 Å². The molecule has 146 valence electrons. The van der Waals surface area contributed by atoms with Crippen molar-refractivity contribution < 1.29 is 9.47 Å². The molecule has 0 amide bonds. The van der Waals surface area contributed by atoms with Crippen LogP contribution in [-0.4, -0.2) is 53.4 Å². The molecule has 0 aliphatic carbocycles. The minimum absolute atomic E-state index is 0.615. The fraction of sp³-hybridized carbons (Fsp3) is 0.333. The van der Waals surface area contributed by atoms with Gasteiger partial charge in [-0.3, -0.25) is 4.57 Å². The van der Waals surface area contributed by atoms with Gasteiger partial charge in [0, 0.05) is 18.8 Å². The molecule has 1 aliphatic rings. The van der Waals surface area contributed by atoms with Gasteiger partial charge in [-0.25, -0.2) is 0 Å². The number of anilines is 1. The molecule has 0 bridgehead atoms. The summed E-state index contributed by atoms with van der Waals surface area (Å²) in [5.74, 6) is 2.60. The summed E-state index contributed by atoms with van der Waals surface area (Å²) < 4.78 is 13.5. The number of para-hydroxylation sites is 2. The van der Waals surface area contributed by atoms with Crippen molar-refractivity contribution in [1.82, 2.24) is 14.8 Å². The molecule has 0 spiro atoms. The minimum atomic E-state index is 0.615. The van der Waals surface area contributed by atoms with Crippen molar-refractivity contribution >= 4 is 17.7 Å². The third kappa shape index (κ3) is 4.31. The summed E-state index contributed by atoms with van der Waals surface area (Å²) in [6.45, 7) is 5.76. The maximum Gasteiger partial charge on any atom is 0.232 e. The van der Waals surface area contributed by atoms with E-state index < -0.39 is 0 Å². The molecule has 0 atom stereocenters. The lowest BCUT2D eigenvalue weighted by Gasteiger charge is -2.27. The molecular weight excluding hydrogens is 372 g/mol. The Labute approximate surface area is 169 Å². The van der Waals surface area contributed by atoms with Crippen LogP contribution in [0.15, 0.2) is 59.8 Å². The Morgan fingerprint density at radius 3 is 2.54 bits per heavy atom. The first-order valence-electron chi connectivity index (χ1n) is 9.48. The lowest BCUT2D eigenvalue weighted by atomic mass is 10.2. The summed E-state index contributed by atoms with van der Waals surface area (Å²) in [4.78, 5) is 2.23. The molecule has 1 aliphatic heterocycles. The molecule has 0 N–H and O–H groups in total. The van der Waals surface area contributed by atoms with Crippen LogP contribution in [0.3, 0.4) is 0 Å². The van der Waals surface area contributed by atoms with Crippen molar-refractivity contribution in [3.8, 4) is 11.4 Å². The van der Waals surface area contributed by atoms with Crippen LogP contribution in [0.1, 0.15) is 5.56 Å². The van der Waals surface area contributed by atoms with Crippen molar-refractivity contribution in [3.63, 3.8) is 0 Å². The fourth-order valence-electron chi connectivity index (χ4n) is 3.13. The van der Waals surface area contributed by atoms with Gasteiger partial charge >= 0.3 is 0 Å². The predicted octanol–water partition coefficient (Wildman–Crippen LogP) is 3.58. The Morgan fingerprint density at radius 1 is 1.00 bits per heavy atom. The Hall–Kier alpha value is -2.51. The minimum Gasteiger partial charge on any atom is -0.492 e. The summed E-state index contributed by atoms with van der Waals surface area (Å²) in [7, 11) is 0. The lowest BCUT2D eigenvalue weighted by Crippen LogP contribution is -2.37. The third-order valence-corrected chi connectivity index (χ3v) is 5.48. The van der Waals surface area contributed by atoms with E-state index in [0.717, 1.165) is 46.9 Å². The average Bonchev–Trinajstić information content (AvgIpc) is 3.17. The monoisotopic (exact) mass is 396 g/mol. The number of thioether (sulfide) groups is 1. The molecule has 0 radical (unpaired) electrons. The number of hydrogen-bond acceptors (Lipinski definition) is 6. The smallest absolute Gasteiger partial charge is 0.232 e. The molecule has 1 aromatic heterocycles. The summed E-state index contributed by atoms with van der Waals surface area (Å²) in [6.07, 6.45) is 0. The van der Waals surface area contributed by atoms with E-state index in [4.69, 9.17) is 9.47 Å². The van der Waals surface area contributed by atoms with Crippen molar-refractivity contribution in [2.75, 3.05) is 43.6 Å². The summed E-state index contributed by atoms with van der Waals surface area (Å²) in [6, 6.07) is 18.3. The highest BCUT2D eigenvalue weighted by Crippen LogP contribution is 2.27. The SMILES string of the molecule is Cc1ccccc1OCCSc1nnc(N2CCOCC2)n1-c1ccccc1. The topological polar surface area (TPSA) is 52.4 Å². The van der Waals surface area contributed by atoms with Gasteiger partial charge in [-0.15, -0.1) is 10.2 Å². The summed E-state index contributed by atoms with van der Waals surface area (Å²) in [5.41, 5.74) is 2.21. The Bertz CT molecular complexity index is 894. The third-order valence-electron chi connectivity index (χ3n) is 4.59. The number of aryl methyl sites for hydroxylation is 1. The van der Waals surface area contributed by atoms with Gasteiger partial charge < -0.3 is 14.4 Å².